The zero-order valence-electron chi connectivity index (χ0n) is 20.4. The highest BCUT2D eigenvalue weighted by Crippen LogP contribution is 2.54. The van der Waals surface area contributed by atoms with Crippen molar-refractivity contribution in [3.05, 3.63) is 129 Å². The van der Waals surface area contributed by atoms with Gasteiger partial charge in [0.25, 0.3) is 5.91 Å². The van der Waals surface area contributed by atoms with Gasteiger partial charge >= 0.3 is 0 Å². The Morgan fingerprint density at radius 1 is 0.895 bits per heavy atom. The second kappa shape index (κ2) is 9.39. The van der Waals surface area contributed by atoms with Crippen LogP contribution in [-0.4, -0.2) is 18.9 Å². The normalized spacial score (nSPS) is 17.2. The van der Waals surface area contributed by atoms with Crippen LogP contribution in [0.15, 0.2) is 84.0 Å². The predicted octanol–water partition coefficient (Wildman–Crippen LogP) is 5.35. The third-order valence-electron chi connectivity index (χ3n) is 6.97. The highest BCUT2D eigenvalue weighted by Gasteiger charge is 2.43. The molecule has 0 saturated heterocycles. The minimum atomic E-state index is -0.618. The standard InChI is InChI=1S/C30H23F2N3O3/c1-37-35-29(33)17-4-2-16(3-5-17)15-34-30(36)19-7-10-23-25(13-19)28-24-12-18(6-9-22(24)27(23)38-28)21-11-8-20(31)14-26(21)32/h2-14,27-28H,15H2,1H3,(H2,33,35)(H,34,36)/t27-,28+/m0/s1. The number of ether oxygens (including phenoxy) is 1. The van der Waals surface area contributed by atoms with E-state index in [4.69, 9.17) is 10.5 Å². The molecule has 0 unspecified atom stereocenters. The maximum absolute atomic E-state index is 14.4. The Balaban J connectivity index is 1.20. The molecule has 0 saturated carbocycles. The van der Waals surface area contributed by atoms with Gasteiger partial charge in [-0.05, 0) is 63.7 Å². The zero-order chi connectivity index (χ0) is 26.4. The number of benzene rings is 4. The largest absolute Gasteiger partial charge is 0.397 e. The number of amides is 1. The van der Waals surface area contributed by atoms with Gasteiger partial charge < -0.3 is 20.6 Å². The van der Waals surface area contributed by atoms with Crippen molar-refractivity contribution in [2.75, 3.05) is 7.11 Å². The van der Waals surface area contributed by atoms with Gasteiger partial charge in [0.2, 0.25) is 0 Å². The number of rotatable bonds is 6. The number of amidine groups is 1. The number of carbonyl (C=O) groups excluding carboxylic acids is 1. The van der Waals surface area contributed by atoms with Crippen molar-refractivity contribution in [1.29, 1.82) is 0 Å². The summed E-state index contributed by atoms with van der Waals surface area (Å²) in [4.78, 5) is 17.6. The molecule has 0 fully saturated rings. The van der Waals surface area contributed by atoms with Gasteiger partial charge in [-0.25, -0.2) is 8.78 Å². The third-order valence-corrected chi connectivity index (χ3v) is 6.97. The van der Waals surface area contributed by atoms with E-state index in [-0.39, 0.29) is 24.0 Å². The van der Waals surface area contributed by atoms with E-state index in [0.29, 0.717) is 23.2 Å². The summed E-state index contributed by atoms with van der Waals surface area (Å²) in [5.74, 6) is -1.17. The Labute approximate surface area is 217 Å². The maximum Gasteiger partial charge on any atom is 0.251 e. The number of nitrogens with two attached hydrogens (primary N) is 1. The quantitative estimate of drug-likeness (QED) is 0.208. The predicted molar refractivity (Wildman–Crippen MR) is 138 cm³/mol. The average Bonchev–Trinajstić information content (AvgIpc) is 3.49. The van der Waals surface area contributed by atoms with Crippen LogP contribution in [0, 0.1) is 11.6 Å². The molecule has 2 aliphatic heterocycles. The Bertz CT molecular complexity index is 1600. The summed E-state index contributed by atoms with van der Waals surface area (Å²) in [6.45, 7) is 0.343. The minimum absolute atomic E-state index is 0.206. The molecule has 4 aromatic rings. The van der Waals surface area contributed by atoms with Crippen LogP contribution in [0.5, 0.6) is 0 Å². The number of hydrogen-bond donors (Lipinski definition) is 2. The van der Waals surface area contributed by atoms with Crippen LogP contribution in [0.2, 0.25) is 0 Å². The fourth-order valence-corrected chi connectivity index (χ4v) is 5.11. The topological polar surface area (TPSA) is 85.9 Å². The van der Waals surface area contributed by atoms with Gasteiger partial charge in [-0.15, -0.1) is 0 Å². The Morgan fingerprint density at radius 3 is 2.32 bits per heavy atom. The number of hydrogen-bond acceptors (Lipinski definition) is 4. The van der Waals surface area contributed by atoms with Crippen LogP contribution in [0.4, 0.5) is 8.78 Å². The number of oxime groups is 1. The van der Waals surface area contributed by atoms with Gasteiger partial charge in [-0.3, -0.25) is 4.79 Å². The molecule has 8 heteroatoms. The molecule has 1 amide bonds. The zero-order valence-corrected chi connectivity index (χ0v) is 20.4. The second-order valence-electron chi connectivity index (χ2n) is 9.25. The van der Waals surface area contributed by atoms with Gasteiger partial charge in [0.15, 0.2) is 5.84 Å². The minimum Gasteiger partial charge on any atom is -0.397 e. The Kier molecular flexibility index (Phi) is 5.88. The number of nitrogens with one attached hydrogen (secondary N) is 1. The summed E-state index contributed by atoms with van der Waals surface area (Å²) in [5, 5.41) is 6.66. The van der Waals surface area contributed by atoms with Crippen molar-refractivity contribution in [1.82, 2.24) is 5.32 Å². The molecule has 2 bridgehead atoms. The van der Waals surface area contributed by atoms with Crippen LogP contribution < -0.4 is 11.1 Å². The van der Waals surface area contributed by atoms with Crippen LogP contribution in [0.1, 0.15) is 55.9 Å². The summed E-state index contributed by atoms with van der Waals surface area (Å²) < 4.78 is 34.0. The average molecular weight is 512 g/mol. The second-order valence-corrected chi connectivity index (χ2v) is 9.25. The van der Waals surface area contributed by atoms with Crippen LogP contribution in [0.25, 0.3) is 11.1 Å². The van der Waals surface area contributed by atoms with Gasteiger partial charge in [0.05, 0.1) is 0 Å². The third kappa shape index (κ3) is 4.09. The molecule has 0 aromatic heterocycles. The summed E-state index contributed by atoms with van der Waals surface area (Å²) in [6.07, 6.45) is -0.588. The first-order valence-corrected chi connectivity index (χ1v) is 12.1. The molecule has 4 aromatic carbocycles. The van der Waals surface area contributed by atoms with E-state index < -0.39 is 11.6 Å². The van der Waals surface area contributed by atoms with Crippen LogP contribution >= 0.6 is 0 Å². The van der Waals surface area contributed by atoms with E-state index >= 15 is 0 Å². The molecule has 0 aliphatic carbocycles. The molecular formula is C30H23F2N3O3. The fraction of sp³-hybridized carbons (Fsp3) is 0.133. The van der Waals surface area contributed by atoms with Crippen molar-refractivity contribution in [3.8, 4) is 11.1 Å². The van der Waals surface area contributed by atoms with E-state index in [0.717, 1.165) is 39.4 Å². The Morgan fingerprint density at radius 2 is 1.58 bits per heavy atom. The molecule has 6 rings (SSSR count). The molecule has 3 N–H and O–H groups in total. The SMILES string of the molecule is CO/N=C(/N)c1ccc(CNC(=O)c2ccc3c(c2)[C@@H]2O[C@H]3c3ccc(-c4ccc(F)cc4F)cc32)cc1. The van der Waals surface area contributed by atoms with Crippen molar-refractivity contribution < 1.29 is 23.1 Å². The maximum atomic E-state index is 14.4. The monoisotopic (exact) mass is 511 g/mol. The first kappa shape index (κ1) is 23.8. The lowest BCUT2D eigenvalue weighted by molar-refractivity contribution is 0.0857. The summed E-state index contributed by atoms with van der Waals surface area (Å²) in [6, 6.07) is 22.1. The Hall–Kier alpha value is -4.56. The number of nitrogens with zero attached hydrogens (tertiary/aromatic N) is 1. The van der Waals surface area contributed by atoms with Gasteiger partial charge in [0.1, 0.15) is 31.0 Å². The number of fused-ring (bicyclic) bond motifs is 8. The smallest absolute Gasteiger partial charge is 0.251 e. The lowest BCUT2D eigenvalue weighted by Crippen LogP contribution is -2.23. The molecule has 38 heavy (non-hydrogen) atoms. The summed E-state index contributed by atoms with van der Waals surface area (Å²) in [7, 11) is 1.43. The molecule has 0 radical (unpaired) electrons. The van der Waals surface area contributed by atoms with E-state index in [1.165, 1.54) is 19.2 Å². The first-order chi connectivity index (χ1) is 18.4. The molecule has 2 atom stereocenters. The lowest BCUT2D eigenvalue weighted by atomic mass is 9.83. The van der Waals surface area contributed by atoms with E-state index in [9.17, 15) is 13.6 Å². The number of carbonyl (C=O) groups is 1. The molecule has 6 nitrogen and oxygen atoms in total. The molecular weight excluding hydrogens is 488 g/mol. The number of halogens is 2. The van der Waals surface area contributed by atoms with Crippen LogP contribution in [-0.2, 0) is 16.1 Å². The van der Waals surface area contributed by atoms with E-state index in [2.05, 4.69) is 15.3 Å². The highest BCUT2D eigenvalue weighted by molar-refractivity contribution is 5.97. The van der Waals surface area contributed by atoms with Crippen LogP contribution in [0.3, 0.4) is 0 Å². The summed E-state index contributed by atoms with van der Waals surface area (Å²) >= 11 is 0. The molecule has 190 valence electrons. The van der Waals surface area contributed by atoms with Crippen molar-refractivity contribution >= 4 is 11.7 Å². The lowest BCUT2D eigenvalue weighted by Gasteiger charge is -2.18. The fourth-order valence-electron chi connectivity index (χ4n) is 5.11. The molecule has 0 spiro atoms. The van der Waals surface area contributed by atoms with Gasteiger partial charge in [0, 0.05) is 29.3 Å². The van der Waals surface area contributed by atoms with Crippen molar-refractivity contribution in [2.45, 2.75) is 18.8 Å². The summed E-state index contributed by atoms with van der Waals surface area (Å²) in [5.41, 5.74) is 12.8. The van der Waals surface area contributed by atoms with E-state index in [1.54, 1.807) is 6.07 Å². The van der Waals surface area contributed by atoms with E-state index in [1.807, 2.05) is 54.6 Å². The van der Waals surface area contributed by atoms with Gasteiger partial charge in [-0.2, -0.15) is 0 Å². The first-order valence-electron chi connectivity index (χ1n) is 12.1. The van der Waals surface area contributed by atoms with Crippen molar-refractivity contribution in [2.24, 2.45) is 10.9 Å². The van der Waals surface area contributed by atoms with Crippen molar-refractivity contribution in [3.63, 3.8) is 0 Å². The molecule has 2 aliphatic rings. The highest BCUT2D eigenvalue weighted by atomic mass is 19.1. The van der Waals surface area contributed by atoms with Gasteiger partial charge in [-0.1, -0.05) is 47.6 Å². The molecule has 2 heterocycles.